The first-order valence-electron chi connectivity index (χ1n) is 11.8. The molecule has 2 aromatic heterocycles. The van der Waals surface area contributed by atoms with E-state index in [9.17, 15) is 14.0 Å². The highest BCUT2D eigenvalue weighted by molar-refractivity contribution is 5.92. The third-order valence-electron chi connectivity index (χ3n) is 6.38. The topological polar surface area (TPSA) is 89.0 Å². The molecule has 0 spiro atoms. The van der Waals surface area contributed by atoms with Crippen molar-refractivity contribution in [1.29, 1.82) is 0 Å². The van der Waals surface area contributed by atoms with Gasteiger partial charge in [-0.2, -0.15) is 5.10 Å². The second-order valence-corrected chi connectivity index (χ2v) is 8.69. The lowest BCUT2D eigenvalue weighted by Gasteiger charge is -2.19. The average molecular weight is 497 g/mol. The second-order valence-electron chi connectivity index (χ2n) is 8.69. The van der Waals surface area contributed by atoms with E-state index in [2.05, 4.69) is 15.4 Å². The molecule has 3 aromatic carbocycles. The van der Waals surface area contributed by atoms with Crippen molar-refractivity contribution < 1.29 is 13.9 Å². The van der Waals surface area contributed by atoms with Crippen molar-refractivity contribution in [3.63, 3.8) is 0 Å². The van der Waals surface area contributed by atoms with Gasteiger partial charge >= 0.3 is 0 Å². The molecule has 5 aromatic rings. The Bertz CT molecular complexity index is 1640. The highest BCUT2D eigenvalue weighted by atomic mass is 19.1. The smallest absolute Gasteiger partial charge is 0.275 e. The Morgan fingerprint density at radius 1 is 1.08 bits per heavy atom. The van der Waals surface area contributed by atoms with E-state index in [0.29, 0.717) is 5.69 Å². The fraction of sp³-hybridized carbons (Fsp3) is 0.138. The van der Waals surface area contributed by atoms with Crippen molar-refractivity contribution >= 4 is 16.8 Å². The van der Waals surface area contributed by atoms with Gasteiger partial charge in [-0.05, 0) is 48.4 Å². The van der Waals surface area contributed by atoms with Crippen molar-refractivity contribution in [2.24, 2.45) is 0 Å². The zero-order chi connectivity index (χ0) is 25.9. The van der Waals surface area contributed by atoms with Gasteiger partial charge in [-0.3, -0.25) is 9.59 Å². The van der Waals surface area contributed by atoms with E-state index in [1.807, 2.05) is 54.7 Å². The molecule has 0 aliphatic carbocycles. The quantitative estimate of drug-likeness (QED) is 0.341. The highest BCUT2D eigenvalue weighted by Gasteiger charge is 2.22. The molecule has 0 aliphatic rings. The van der Waals surface area contributed by atoms with E-state index < -0.39 is 17.2 Å². The maximum atomic E-state index is 14.4. The Morgan fingerprint density at radius 3 is 2.57 bits per heavy atom. The van der Waals surface area contributed by atoms with Crippen LogP contribution in [0.3, 0.4) is 0 Å². The van der Waals surface area contributed by atoms with E-state index >= 15 is 0 Å². The van der Waals surface area contributed by atoms with Crippen LogP contribution in [0.2, 0.25) is 0 Å². The van der Waals surface area contributed by atoms with Gasteiger partial charge in [0, 0.05) is 41.3 Å². The lowest BCUT2D eigenvalue weighted by Crippen LogP contribution is -2.34. The molecule has 2 N–H and O–H groups in total. The summed E-state index contributed by atoms with van der Waals surface area (Å²) in [4.78, 5) is 29.2. The fourth-order valence-electron chi connectivity index (χ4n) is 4.48. The molecular formula is C29H25FN4O3. The van der Waals surface area contributed by atoms with Crippen LogP contribution in [0, 0.1) is 12.7 Å². The number of amides is 1. The summed E-state index contributed by atoms with van der Waals surface area (Å²) in [6.45, 7) is 1.85. The van der Waals surface area contributed by atoms with Crippen molar-refractivity contribution in [2.45, 2.75) is 12.8 Å². The molecule has 1 amide bonds. The van der Waals surface area contributed by atoms with Gasteiger partial charge in [-0.25, -0.2) is 9.07 Å². The third-order valence-corrected chi connectivity index (χ3v) is 6.38. The number of carbonyl (C=O) groups excluding carboxylic acids is 1. The first kappa shape index (κ1) is 24.0. The summed E-state index contributed by atoms with van der Waals surface area (Å²) in [7, 11) is 1.61. The molecule has 1 atom stereocenters. The van der Waals surface area contributed by atoms with Gasteiger partial charge < -0.3 is 15.0 Å². The molecule has 0 fully saturated rings. The minimum Gasteiger partial charge on any atom is -0.497 e. The SMILES string of the molecule is COc1ccc(C(CNC(=O)c2nn(-c3ccccc3F)c(C)cc2=O)c2c[nH]c3ccccc23)cc1. The Balaban J connectivity index is 1.48. The maximum Gasteiger partial charge on any atom is 0.275 e. The minimum absolute atomic E-state index is 0.156. The van der Waals surface area contributed by atoms with E-state index in [-0.39, 0.29) is 23.8 Å². The summed E-state index contributed by atoms with van der Waals surface area (Å²) in [5, 5.41) is 8.13. The number of hydrogen-bond donors (Lipinski definition) is 2. The number of halogens is 1. The van der Waals surface area contributed by atoms with Gasteiger partial charge in [-0.15, -0.1) is 0 Å². The molecule has 8 heteroatoms. The van der Waals surface area contributed by atoms with Gasteiger partial charge in [0.05, 0.1) is 7.11 Å². The molecule has 186 valence electrons. The fourth-order valence-corrected chi connectivity index (χ4v) is 4.48. The minimum atomic E-state index is -0.631. The average Bonchev–Trinajstić information content (AvgIpc) is 3.34. The van der Waals surface area contributed by atoms with Crippen molar-refractivity contribution in [3.8, 4) is 11.4 Å². The third kappa shape index (κ3) is 4.73. The number of carbonyl (C=O) groups is 1. The van der Waals surface area contributed by atoms with Crippen LogP contribution in [0.1, 0.15) is 33.2 Å². The number of ether oxygens (including phenoxy) is 1. The summed E-state index contributed by atoms with van der Waals surface area (Å²) < 4.78 is 21.0. The Hall–Kier alpha value is -4.72. The zero-order valence-corrected chi connectivity index (χ0v) is 20.4. The number of aromatic amines is 1. The van der Waals surface area contributed by atoms with Crippen LogP contribution >= 0.6 is 0 Å². The van der Waals surface area contributed by atoms with Gasteiger partial charge in [0.2, 0.25) is 5.43 Å². The summed E-state index contributed by atoms with van der Waals surface area (Å²) in [6, 6.07) is 22.9. The van der Waals surface area contributed by atoms with Gasteiger partial charge in [0.15, 0.2) is 5.69 Å². The summed E-state index contributed by atoms with van der Waals surface area (Å²) in [5.41, 5.74) is 2.69. The number of H-pyrrole nitrogens is 1. The number of aromatic nitrogens is 3. The molecule has 2 heterocycles. The van der Waals surface area contributed by atoms with Crippen LogP contribution in [0.5, 0.6) is 5.75 Å². The van der Waals surface area contributed by atoms with Crippen LogP contribution in [0.4, 0.5) is 4.39 Å². The predicted octanol–water partition coefficient (Wildman–Crippen LogP) is 4.73. The molecule has 0 radical (unpaired) electrons. The molecule has 5 rings (SSSR count). The molecule has 7 nitrogen and oxygen atoms in total. The van der Waals surface area contributed by atoms with Crippen LogP contribution in [0.25, 0.3) is 16.6 Å². The number of rotatable bonds is 7. The first-order chi connectivity index (χ1) is 18.0. The summed E-state index contributed by atoms with van der Waals surface area (Å²) in [6.07, 6.45) is 1.93. The maximum absolute atomic E-state index is 14.4. The van der Waals surface area contributed by atoms with Crippen LogP contribution in [-0.2, 0) is 0 Å². The number of nitrogens with zero attached hydrogens (tertiary/aromatic N) is 2. The molecule has 0 saturated heterocycles. The number of aryl methyl sites for hydroxylation is 1. The monoisotopic (exact) mass is 496 g/mol. The lowest BCUT2D eigenvalue weighted by molar-refractivity contribution is 0.0944. The molecule has 0 aliphatic heterocycles. The standard InChI is InChI=1S/C29H25FN4O3/c1-18-15-27(35)28(33-34(18)26-10-6-4-8-24(26)30)29(36)32-16-22(19-11-13-20(37-2)14-12-19)23-17-31-25-9-5-3-7-21(23)25/h3-15,17,22,31H,16H2,1-2H3,(H,32,36). The predicted molar refractivity (Wildman–Crippen MR) is 140 cm³/mol. The largest absolute Gasteiger partial charge is 0.497 e. The van der Waals surface area contributed by atoms with E-state index in [1.54, 1.807) is 26.2 Å². The van der Waals surface area contributed by atoms with Gasteiger partial charge in [-0.1, -0.05) is 42.5 Å². The van der Waals surface area contributed by atoms with Crippen LogP contribution in [0.15, 0.2) is 89.9 Å². The van der Waals surface area contributed by atoms with Crippen molar-refractivity contribution in [2.75, 3.05) is 13.7 Å². The van der Waals surface area contributed by atoms with E-state index in [4.69, 9.17) is 4.74 Å². The Morgan fingerprint density at radius 2 is 1.81 bits per heavy atom. The second kappa shape index (κ2) is 10.1. The zero-order valence-electron chi connectivity index (χ0n) is 20.4. The number of benzene rings is 3. The van der Waals surface area contributed by atoms with Gasteiger partial charge in [0.1, 0.15) is 17.3 Å². The summed E-state index contributed by atoms with van der Waals surface area (Å²) in [5.74, 6) is -0.631. The highest BCUT2D eigenvalue weighted by Crippen LogP contribution is 2.31. The first-order valence-corrected chi connectivity index (χ1v) is 11.8. The number of para-hydroxylation sites is 2. The van der Waals surface area contributed by atoms with Gasteiger partial charge in [0.25, 0.3) is 5.91 Å². The number of hydrogen-bond acceptors (Lipinski definition) is 4. The molecule has 1 unspecified atom stereocenters. The molecule has 0 bridgehead atoms. The van der Waals surface area contributed by atoms with Crippen molar-refractivity contribution in [1.82, 2.24) is 20.1 Å². The molecular weight excluding hydrogens is 471 g/mol. The molecule has 0 saturated carbocycles. The number of methoxy groups -OCH3 is 1. The van der Waals surface area contributed by atoms with Crippen LogP contribution in [-0.4, -0.2) is 34.3 Å². The van der Waals surface area contributed by atoms with E-state index in [1.165, 1.54) is 22.9 Å². The summed E-state index contributed by atoms with van der Waals surface area (Å²) >= 11 is 0. The lowest BCUT2D eigenvalue weighted by atomic mass is 9.90. The number of nitrogens with one attached hydrogen (secondary N) is 2. The Kier molecular flexibility index (Phi) is 6.55. The van der Waals surface area contributed by atoms with Crippen LogP contribution < -0.4 is 15.5 Å². The van der Waals surface area contributed by atoms with E-state index in [0.717, 1.165) is 27.8 Å². The normalized spacial score (nSPS) is 11.9. The molecule has 37 heavy (non-hydrogen) atoms. The Labute approximate surface area is 212 Å². The number of fused-ring (bicyclic) bond motifs is 1. The van der Waals surface area contributed by atoms with Crippen molar-refractivity contribution in [3.05, 3.63) is 124 Å².